The smallest absolute Gasteiger partial charge is 0.293 e. The Balaban J connectivity index is 1.29. The van der Waals surface area contributed by atoms with Gasteiger partial charge in [-0.15, -0.1) is 0 Å². The van der Waals surface area contributed by atoms with Gasteiger partial charge in [0.15, 0.2) is 11.6 Å². The third-order valence-corrected chi connectivity index (χ3v) is 5.86. The van der Waals surface area contributed by atoms with Gasteiger partial charge in [-0.05, 0) is 68.4 Å². The Hall–Kier alpha value is -1.62. The molecule has 2 aromatic rings. The normalized spacial score (nSPS) is 36.1. The molecule has 22 heavy (non-hydrogen) atoms. The van der Waals surface area contributed by atoms with E-state index in [0.29, 0.717) is 23.7 Å². The summed E-state index contributed by atoms with van der Waals surface area (Å²) in [6, 6.07) is 3.66. The van der Waals surface area contributed by atoms with E-state index < -0.39 is 0 Å². The van der Waals surface area contributed by atoms with Gasteiger partial charge in [-0.25, -0.2) is 0 Å². The van der Waals surface area contributed by atoms with Gasteiger partial charge in [0.25, 0.3) is 5.89 Å². The van der Waals surface area contributed by atoms with Crippen LogP contribution in [-0.2, 0) is 6.54 Å². The van der Waals surface area contributed by atoms with Gasteiger partial charge in [0.1, 0.15) is 0 Å². The summed E-state index contributed by atoms with van der Waals surface area (Å²) in [6.07, 6.45) is 10.0. The van der Waals surface area contributed by atoms with Crippen LogP contribution in [0.2, 0.25) is 0 Å². The second-order valence-corrected chi connectivity index (χ2v) is 7.54. The molecule has 1 N–H and O–H groups in total. The maximum atomic E-state index is 5.29. The number of nitrogens with one attached hydrogen (secondary N) is 1. The van der Waals surface area contributed by atoms with E-state index in [4.69, 9.17) is 8.94 Å². The highest BCUT2D eigenvalue weighted by atomic mass is 16.5. The Morgan fingerprint density at radius 2 is 1.86 bits per heavy atom. The first-order valence-corrected chi connectivity index (χ1v) is 8.39. The topological polar surface area (TPSA) is 64.1 Å². The van der Waals surface area contributed by atoms with Crippen LogP contribution in [0.3, 0.4) is 0 Å². The van der Waals surface area contributed by atoms with Crippen molar-refractivity contribution in [1.82, 2.24) is 15.5 Å². The maximum absolute atomic E-state index is 5.29. The van der Waals surface area contributed by atoms with Gasteiger partial charge in [-0.2, -0.15) is 4.98 Å². The van der Waals surface area contributed by atoms with Gasteiger partial charge in [0, 0.05) is 5.54 Å². The van der Waals surface area contributed by atoms with E-state index in [1.807, 2.05) is 12.1 Å². The van der Waals surface area contributed by atoms with E-state index in [1.54, 1.807) is 6.26 Å². The molecule has 0 radical (unpaired) electrons. The molecule has 4 bridgehead atoms. The van der Waals surface area contributed by atoms with Crippen molar-refractivity contribution in [3.8, 4) is 11.7 Å². The molecule has 5 heteroatoms. The molecule has 2 heterocycles. The van der Waals surface area contributed by atoms with Crippen LogP contribution in [0.5, 0.6) is 0 Å². The summed E-state index contributed by atoms with van der Waals surface area (Å²) in [5.41, 5.74) is 0.334. The van der Waals surface area contributed by atoms with Gasteiger partial charge < -0.3 is 14.3 Å². The number of hydrogen-bond donors (Lipinski definition) is 1. The molecule has 6 rings (SSSR count). The van der Waals surface area contributed by atoms with E-state index in [9.17, 15) is 0 Å². The summed E-state index contributed by atoms with van der Waals surface area (Å²) in [6.45, 7) is 0.691. The molecule has 0 aliphatic heterocycles. The zero-order chi connectivity index (χ0) is 14.6. The fourth-order valence-corrected chi connectivity index (χ4v) is 5.42. The quantitative estimate of drug-likeness (QED) is 0.937. The molecule has 4 saturated carbocycles. The Morgan fingerprint density at radius 3 is 2.50 bits per heavy atom. The lowest BCUT2D eigenvalue weighted by Crippen LogP contribution is -2.58. The Kier molecular flexibility index (Phi) is 2.74. The predicted molar refractivity (Wildman–Crippen MR) is 79.7 cm³/mol. The fraction of sp³-hybridized carbons (Fsp3) is 0.647. The van der Waals surface area contributed by atoms with Gasteiger partial charge in [-0.1, -0.05) is 5.16 Å². The lowest BCUT2D eigenvalue weighted by Gasteiger charge is -2.57. The van der Waals surface area contributed by atoms with Crippen molar-refractivity contribution in [3.63, 3.8) is 0 Å². The molecule has 0 amide bonds. The average Bonchev–Trinajstić information content (AvgIpc) is 3.15. The van der Waals surface area contributed by atoms with Crippen molar-refractivity contribution in [3.05, 3.63) is 24.2 Å². The molecule has 0 unspecified atom stereocenters. The monoisotopic (exact) mass is 299 g/mol. The van der Waals surface area contributed by atoms with Crippen molar-refractivity contribution >= 4 is 0 Å². The Bertz CT molecular complexity index is 626. The summed E-state index contributed by atoms with van der Waals surface area (Å²) in [4.78, 5) is 4.44. The SMILES string of the molecule is c1coc(-c2nc(CNC34CC5CC(CC(C5)C3)C4)no2)c1. The van der Waals surface area contributed by atoms with Gasteiger partial charge in [-0.3, -0.25) is 0 Å². The lowest BCUT2D eigenvalue weighted by atomic mass is 9.53. The Labute approximate surface area is 129 Å². The third kappa shape index (κ3) is 2.10. The van der Waals surface area contributed by atoms with Crippen LogP contribution in [0.4, 0.5) is 0 Å². The maximum Gasteiger partial charge on any atom is 0.293 e. The minimum absolute atomic E-state index is 0.334. The van der Waals surface area contributed by atoms with Crippen LogP contribution < -0.4 is 5.32 Å². The number of furan rings is 1. The van der Waals surface area contributed by atoms with Crippen LogP contribution in [0, 0.1) is 17.8 Å². The second-order valence-electron chi connectivity index (χ2n) is 7.54. The molecule has 0 aromatic carbocycles. The number of nitrogens with zero attached hydrogens (tertiary/aromatic N) is 2. The second kappa shape index (κ2) is 4.69. The molecule has 5 nitrogen and oxygen atoms in total. The largest absolute Gasteiger partial charge is 0.459 e. The van der Waals surface area contributed by atoms with Gasteiger partial charge >= 0.3 is 0 Å². The molecular formula is C17H21N3O2. The van der Waals surface area contributed by atoms with E-state index in [0.717, 1.165) is 23.6 Å². The first kappa shape index (κ1) is 12.9. The number of hydrogen-bond acceptors (Lipinski definition) is 5. The first-order chi connectivity index (χ1) is 10.8. The molecule has 2 aromatic heterocycles. The standard InChI is InChI=1S/C17H21N3O2/c1-2-14(21-3-1)16-19-15(20-22-16)10-18-17-7-11-4-12(8-17)6-13(5-11)9-17/h1-3,11-13,18H,4-10H2. The predicted octanol–water partition coefficient (Wildman–Crippen LogP) is 3.39. The molecule has 116 valence electrons. The fourth-order valence-electron chi connectivity index (χ4n) is 5.42. The molecule has 4 fully saturated rings. The minimum atomic E-state index is 0.334. The highest BCUT2D eigenvalue weighted by Crippen LogP contribution is 2.55. The summed E-state index contributed by atoms with van der Waals surface area (Å²) in [5.74, 6) is 4.66. The third-order valence-electron chi connectivity index (χ3n) is 5.86. The van der Waals surface area contributed by atoms with Crippen LogP contribution in [0.15, 0.2) is 27.3 Å². The molecule has 0 atom stereocenters. The van der Waals surface area contributed by atoms with E-state index in [2.05, 4.69) is 15.5 Å². The summed E-state index contributed by atoms with van der Waals surface area (Å²) in [5, 5.41) is 7.87. The first-order valence-electron chi connectivity index (χ1n) is 8.39. The van der Waals surface area contributed by atoms with Crippen molar-refractivity contribution in [2.75, 3.05) is 0 Å². The van der Waals surface area contributed by atoms with Crippen molar-refractivity contribution in [2.45, 2.75) is 50.6 Å². The van der Waals surface area contributed by atoms with Crippen molar-refractivity contribution < 1.29 is 8.94 Å². The van der Waals surface area contributed by atoms with Gasteiger partial charge in [0.2, 0.25) is 0 Å². The van der Waals surface area contributed by atoms with Crippen LogP contribution in [-0.4, -0.2) is 15.7 Å². The van der Waals surface area contributed by atoms with Crippen LogP contribution in [0.1, 0.15) is 44.3 Å². The van der Waals surface area contributed by atoms with E-state index >= 15 is 0 Å². The average molecular weight is 299 g/mol. The highest BCUT2D eigenvalue weighted by molar-refractivity contribution is 5.42. The summed E-state index contributed by atoms with van der Waals surface area (Å²) < 4.78 is 10.6. The van der Waals surface area contributed by atoms with E-state index in [-0.39, 0.29) is 0 Å². The minimum Gasteiger partial charge on any atom is -0.459 e. The van der Waals surface area contributed by atoms with Crippen LogP contribution >= 0.6 is 0 Å². The lowest BCUT2D eigenvalue weighted by molar-refractivity contribution is -0.0209. The van der Waals surface area contributed by atoms with Crippen LogP contribution in [0.25, 0.3) is 11.7 Å². The van der Waals surface area contributed by atoms with E-state index in [1.165, 1.54) is 38.5 Å². The molecule has 4 aliphatic rings. The summed E-state index contributed by atoms with van der Waals surface area (Å²) >= 11 is 0. The molecule has 4 aliphatic carbocycles. The van der Waals surface area contributed by atoms with Crippen molar-refractivity contribution in [2.24, 2.45) is 17.8 Å². The summed E-state index contributed by atoms with van der Waals surface area (Å²) in [7, 11) is 0. The molecular weight excluding hydrogens is 278 g/mol. The Morgan fingerprint density at radius 1 is 1.14 bits per heavy atom. The highest BCUT2D eigenvalue weighted by Gasteiger charge is 2.50. The number of rotatable bonds is 4. The molecule has 0 saturated heterocycles. The molecule has 0 spiro atoms. The zero-order valence-electron chi connectivity index (χ0n) is 12.6. The van der Waals surface area contributed by atoms with Gasteiger partial charge in [0.05, 0.1) is 12.8 Å². The van der Waals surface area contributed by atoms with Crippen molar-refractivity contribution in [1.29, 1.82) is 0 Å². The zero-order valence-corrected chi connectivity index (χ0v) is 12.6. The number of aromatic nitrogens is 2.